The summed E-state index contributed by atoms with van der Waals surface area (Å²) in [5.41, 5.74) is 8.14. The molecule has 0 bridgehead atoms. The van der Waals surface area contributed by atoms with E-state index in [9.17, 15) is 0 Å². The molecule has 0 saturated carbocycles. The van der Waals surface area contributed by atoms with Gasteiger partial charge < -0.3 is 5.73 Å². The molecular formula is C12H17NS. The minimum atomic E-state index is 0.633. The van der Waals surface area contributed by atoms with Gasteiger partial charge in [-0.15, -0.1) is 0 Å². The van der Waals surface area contributed by atoms with Crippen LogP contribution in [0.15, 0.2) is 24.3 Å². The molecule has 0 aliphatic rings. The van der Waals surface area contributed by atoms with E-state index in [0.29, 0.717) is 4.99 Å². The lowest BCUT2D eigenvalue weighted by Crippen LogP contribution is -2.06. The van der Waals surface area contributed by atoms with E-state index in [0.717, 1.165) is 19.3 Å². The van der Waals surface area contributed by atoms with Crippen LogP contribution in [0, 0.1) is 6.92 Å². The molecule has 0 radical (unpaired) electrons. The molecule has 2 heteroatoms. The Kier molecular flexibility index (Phi) is 4.60. The lowest BCUT2D eigenvalue weighted by molar-refractivity contribution is 0.763. The smallest absolute Gasteiger partial charge is 0.0727 e. The van der Waals surface area contributed by atoms with E-state index in [4.69, 9.17) is 18.0 Å². The van der Waals surface area contributed by atoms with Gasteiger partial charge >= 0.3 is 0 Å². The second-order valence-corrected chi connectivity index (χ2v) is 4.18. The molecular weight excluding hydrogens is 190 g/mol. The van der Waals surface area contributed by atoms with Gasteiger partial charge in [0, 0.05) is 0 Å². The van der Waals surface area contributed by atoms with Gasteiger partial charge in [-0.1, -0.05) is 42.0 Å². The lowest BCUT2D eigenvalue weighted by atomic mass is 10.1. The minimum absolute atomic E-state index is 0.633. The maximum Gasteiger partial charge on any atom is 0.0727 e. The number of unbranched alkanes of at least 4 members (excludes halogenated alkanes) is 1. The van der Waals surface area contributed by atoms with Crippen LogP contribution in [0.2, 0.25) is 0 Å². The molecule has 2 N–H and O–H groups in total. The van der Waals surface area contributed by atoms with E-state index in [2.05, 4.69) is 31.2 Å². The molecule has 0 amide bonds. The van der Waals surface area contributed by atoms with E-state index in [-0.39, 0.29) is 0 Å². The second-order valence-electron chi connectivity index (χ2n) is 3.66. The van der Waals surface area contributed by atoms with Crippen molar-refractivity contribution in [3.8, 4) is 0 Å². The lowest BCUT2D eigenvalue weighted by Gasteiger charge is -2.01. The van der Waals surface area contributed by atoms with Crippen molar-refractivity contribution in [2.45, 2.75) is 32.6 Å². The summed E-state index contributed by atoms with van der Waals surface area (Å²) < 4.78 is 0. The largest absolute Gasteiger partial charge is 0.393 e. The van der Waals surface area contributed by atoms with Crippen molar-refractivity contribution >= 4 is 17.2 Å². The molecule has 0 aromatic heterocycles. The van der Waals surface area contributed by atoms with Gasteiger partial charge in [0.2, 0.25) is 0 Å². The predicted octanol–water partition coefficient (Wildman–Crippen LogP) is 2.99. The fourth-order valence-electron chi connectivity index (χ4n) is 1.38. The van der Waals surface area contributed by atoms with Gasteiger partial charge in [-0.05, 0) is 38.2 Å². The molecule has 0 aliphatic carbocycles. The van der Waals surface area contributed by atoms with E-state index in [1.54, 1.807) is 0 Å². The number of hydrogen-bond donors (Lipinski definition) is 1. The summed E-state index contributed by atoms with van der Waals surface area (Å²) in [4.78, 5) is 0.633. The van der Waals surface area contributed by atoms with Crippen molar-refractivity contribution in [2.75, 3.05) is 0 Å². The van der Waals surface area contributed by atoms with Crippen LogP contribution in [0.3, 0.4) is 0 Å². The summed E-state index contributed by atoms with van der Waals surface area (Å²) in [6.07, 6.45) is 4.27. The molecule has 0 fully saturated rings. The number of thiocarbonyl (C=S) groups is 1. The average Bonchev–Trinajstić information content (AvgIpc) is 2.15. The minimum Gasteiger partial charge on any atom is -0.393 e. The standard InChI is InChI=1S/C12H17NS/c1-10-6-8-11(9-7-10)4-2-3-5-12(13)14/h6-9H,2-5H2,1H3,(H2,13,14). The molecule has 1 rings (SSSR count). The Morgan fingerprint density at radius 1 is 1.21 bits per heavy atom. The van der Waals surface area contributed by atoms with Crippen LogP contribution in [-0.4, -0.2) is 4.99 Å². The zero-order valence-corrected chi connectivity index (χ0v) is 9.44. The molecule has 14 heavy (non-hydrogen) atoms. The SMILES string of the molecule is Cc1ccc(CCCCC(N)=S)cc1. The summed E-state index contributed by atoms with van der Waals surface area (Å²) in [6, 6.07) is 8.69. The third-order valence-electron chi connectivity index (χ3n) is 2.26. The van der Waals surface area contributed by atoms with Gasteiger partial charge in [0.25, 0.3) is 0 Å². The van der Waals surface area contributed by atoms with E-state index in [1.165, 1.54) is 17.5 Å². The monoisotopic (exact) mass is 207 g/mol. The molecule has 76 valence electrons. The van der Waals surface area contributed by atoms with Gasteiger partial charge in [0.15, 0.2) is 0 Å². The first kappa shape index (κ1) is 11.2. The Bertz CT molecular complexity index is 290. The van der Waals surface area contributed by atoms with Crippen LogP contribution >= 0.6 is 12.2 Å². The van der Waals surface area contributed by atoms with Crippen molar-refractivity contribution in [1.82, 2.24) is 0 Å². The van der Waals surface area contributed by atoms with Crippen LogP contribution in [0.4, 0.5) is 0 Å². The van der Waals surface area contributed by atoms with Crippen LogP contribution < -0.4 is 5.73 Å². The number of rotatable bonds is 5. The average molecular weight is 207 g/mol. The van der Waals surface area contributed by atoms with Crippen LogP contribution in [-0.2, 0) is 6.42 Å². The Labute approximate surface area is 91.3 Å². The van der Waals surface area contributed by atoms with Crippen LogP contribution in [0.1, 0.15) is 30.4 Å². The third kappa shape index (κ3) is 4.38. The highest BCUT2D eigenvalue weighted by Gasteiger charge is 1.94. The van der Waals surface area contributed by atoms with Crippen molar-refractivity contribution in [3.63, 3.8) is 0 Å². The van der Waals surface area contributed by atoms with E-state index >= 15 is 0 Å². The normalized spacial score (nSPS) is 10.1. The van der Waals surface area contributed by atoms with Crippen LogP contribution in [0.25, 0.3) is 0 Å². The van der Waals surface area contributed by atoms with Crippen molar-refractivity contribution < 1.29 is 0 Å². The number of nitrogens with two attached hydrogens (primary N) is 1. The van der Waals surface area contributed by atoms with Gasteiger partial charge in [-0.25, -0.2) is 0 Å². The molecule has 1 aromatic rings. The Balaban J connectivity index is 2.25. The summed E-state index contributed by atoms with van der Waals surface area (Å²) >= 11 is 4.82. The maximum absolute atomic E-state index is 5.42. The molecule has 0 heterocycles. The fraction of sp³-hybridized carbons (Fsp3) is 0.417. The summed E-state index contributed by atoms with van der Waals surface area (Å²) in [5, 5.41) is 0. The van der Waals surface area contributed by atoms with E-state index in [1.807, 2.05) is 0 Å². The molecule has 1 nitrogen and oxygen atoms in total. The van der Waals surface area contributed by atoms with Crippen molar-refractivity contribution in [2.24, 2.45) is 5.73 Å². The molecule has 0 unspecified atom stereocenters. The Hall–Kier alpha value is -0.890. The molecule has 0 aliphatic heterocycles. The highest BCUT2D eigenvalue weighted by atomic mass is 32.1. The van der Waals surface area contributed by atoms with Crippen LogP contribution in [0.5, 0.6) is 0 Å². The maximum atomic E-state index is 5.42. The Morgan fingerprint density at radius 3 is 2.43 bits per heavy atom. The third-order valence-corrected chi connectivity index (χ3v) is 2.46. The quantitative estimate of drug-likeness (QED) is 0.593. The fourth-order valence-corrected chi connectivity index (χ4v) is 1.53. The first-order valence-corrected chi connectivity index (χ1v) is 5.43. The molecule has 0 spiro atoms. The predicted molar refractivity (Wildman–Crippen MR) is 65.5 cm³/mol. The summed E-state index contributed by atoms with van der Waals surface area (Å²) in [6.45, 7) is 2.11. The van der Waals surface area contributed by atoms with Crippen molar-refractivity contribution in [1.29, 1.82) is 0 Å². The molecule has 0 saturated heterocycles. The first-order valence-electron chi connectivity index (χ1n) is 5.02. The highest BCUT2D eigenvalue weighted by Crippen LogP contribution is 2.08. The van der Waals surface area contributed by atoms with Crippen molar-refractivity contribution in [3.05, 3.63) is 35.4 Å². The number of benzene rings is 1. The molecule has 0 atom stereocenters. The van der Waals surface area contributed by atoms with Gasteiger partial charge in [-0.2, -0.15) is 0 Å². The highest BCUT2D eigenvalue weighted by molar-refractivity contribution is 7.80. The Morgan fingerprint density at radius 2 is 1.86 bits per heavy atom. The van der Waals surface area contributed by atoms with Gasteiger partial charge in [-0.3, -0.25) is 0 Å². The van der Waals surface area contributed by atoms with Gasteiger partial charge in [0.1, 0.15) is 0 Å². The zero-order chi connectivity index (χ0) is 10.4. The first-order chi connectivity index (χ1) is 6.68. The summed E-state index contributed by atoms with van der Waals surface area (Å²) in [5.74, 6) is 0. The zero-order valence-electron chi connectivity index (χ0n) is 8.62. The molecule has 1 aromatic carbocycles. The number of hydrogen-bond acceptors (Lipinski definition) is 1. The van der Waals surface area contributed by atoms with E-state index < -0.39 is 0 Å². The summed E-state index contributed by atoms with van der Waals surface area (Å²) in [7, 11) is 0. The van der Waals surface area contributed by atoms with Gasteiger partial charge in [0.05, 0.1) is 4.99 Å². The topological polar surface area (TPSA) is 26.0 Å². The second kappa shape index (κ2) is 5.76. The number of aryl methyl sites for hydroxylation is 2.